The van der Waals surface area contributed by atoms with Crippen LogP contribution in [0.1, 0.15) is 26.2 Å². The average molecular weight is 253 g/mol. The minimum Gasteiger partial charge on any atom is -0.479 e. The molecule has 0 aliphatic heterocycles. The fraction of sp³-hybridized carbons (Fsp3) is 0.615. The van der Waals surface area contributed by atoms with Crippen LogP contribution in [0.3, 0.4) is 0 Å². The van der Waals surface area contributed by atoms with Gasteiger partial charge in [-0.05, 0) is 25.0 Å². The highest BCUT2D eigenvalue weighted by atomic mass is 16.5. The number of rotatable bonds is 9. The number of ether oxygens (including phenoxy) is 2. The molecule has 18 heavy (non-hydrogen) atoms. The van der Waals surface area contributed by atoms with Gasteiger partial charge in [0, 0.05) is 19.8 Å². The molecule has 0 aliphatic rings. The number of hydrogen-bond donors (Lipinski definition) is 2. The normalized spacial score (nSPS) is 10.3. The second kappa shape index (κ2) is 8.58. The van der Waals surface area contributed by atoms with Crippen molar-refractivity contribution in [3.05, 3.63) is 12.1 Å². The Hall–Kier alpha value is -1.49. The van der Waals surface area contributed by atoms with E-state index in [0.717, 1.165) is 38.4 Å². The van der Waals surface area contributed by atoms with Gasteiger partial charge >= 0.3 is 0 Å². The molecule has 5 nitrogen and oxygen atoms in total. The van der Waals surface area contributed by atoms with Crippen molar-refractivity contribution >= 4 is 11.5 Å². The third-order valence-corrected chi connectivity index (χ3v) is 2.50. The van der Waals surface area contributed by atoms with Crippen molar-refractivity contribution in [2.75, 3.05) is 37.9 Å². The zero-order valence-electron chi connectivity index (χ0n) is 11.2. The van der Waals surface area contributed by atoms with Crippen molar-refractivity contribution in [3.63, 3.8) is 0 Å². The summed E-state index contributed by atoms with van der Waals surface area (Å²) >= 11 is 0. The molecule has 0 aromatic carbocycles. The van der Waals surface area contributed by atoms with Crippen LogP contribution >= 0.6 is 0 Å². The zero-order chi connectivity index (χ0) is 13.2. The summed E-state index contributed by atoms with van der Waals surface area (Å²) < 4.78 is 10.5. The van der Waals surface area contributed by atoms with E-state index < -0.39 is 0 Å². The molecule has 1 rings (SSSR count). The number of unbranched alkanes of at least 4 members (excludes halogenated alkanes) is 1. The van der Waals surface area contributed by atoms with Crippen LogP contribution in [0.5, 0.6) is 5.88 Å². The summed E-state index contributed by atoms with van der Waals surface area (Å²) in [6, 6.07) is 3.63. The second-order valence-electron chi connectivity index (χ2n) is 4.04. The smallest absolute Gasteiger partial charge is 0.238 e. The van der Waals surface area contributed by atoms with Gasteiger partial charge in [0.15, 0.2) is 0 Å². The third kappa shape index (κ3) is 5.23. The van der Waals surface area contributed by atoms with Crippen molar-refractivity contribution in [1.29, 1.82) is 0 Å². The number of aromatic nitrogens is 1. The number of pyridine rings is 1. The standard InChI is InChI=1S/C13H23N3O2/c1-3-4-9-18-10-5-8-15-12-7-6-11(14)13(16-12)17-2/h6-7H,3-5,8-10,14H2,1-2H3,(H,15,16). The predicted molar refractivity (Wildman–Crippen MR) is 74.0 cm³/mol. The highest BCUT2D eigenvalue weighted by Gasteiger charge is 2.01. The number of methoxy groups -OCH3 is 1. The number of anilines is 2. The third-order valence-electron chi connectivity index (χ3n) is 2.50. The number of nitrogens with one attached hydrogen (secondary N) is 1. The maximum atomic E-state index is 5.69. The Bertz CT molecular complexity index is 345. The molecule has 0 spiro atoms. The number of hydrogen-bond acceptors (Lipinski definition) is 5. The number of nitrogens with zero attached hydrogens (tertiary/aromatic N) is 1. The van der Waals surface area contributed by atoms with Crippen LogP contribution < -0.4 is 15.8 Å². The molecule has 0 fully saturated rings. The van der Waals surface area contributed by atoms with E-state index in [1.54, 1.807) is 13.2 Å². The molecule has 5 heteroatoms. The predicted octanol–water partition coefficient (Wildman–Crippen LogP) is 2.29. The Morgan fingerprint density at radius 3 is 2.78 bits per heavy atom. The molecule has 0 unspecified atom stereocenters. The van der Waals surface area contributed by atoms with Crippen LogP contribution in [0.25, 0.3) is 0 Å². The number of nitrogens with two attached hydrogens (primary N) is 1. The van der Waals surface area contributed by atoms with Crippen LogP contribution in [-0.2, 0) is 4.74 Å². The molecule has 0 atom stereocenters. The molecule has 0 radical (unpaired) electrons. The molecule has 0 aliphatic carbocycles. The highest BCUT2D eigenvalue weighted by molar-refractivity contribution is 5.53. The van der Waals surface area contributed by atoms with Gasteiger partial charge in [-0.25, -0.2) is 0 Å². The molecule has 1 aromatic heterocycles. The lowest BCUT2D eigenvalue weighted by Gasteiger charge is -2.08. The van der Waals surface area contributed by atoms with Crippen molar-refractivity contribution in [1.82, 2.24) is 4.98 Å². The minimum atomic E-state index is 0.458. The second-order valence-corrected chi connectivity index (χ2v) is 4.04. The summed E-state index contributed by atoms with van der Waals surface area (Å²) in [7, 11) is 1.56. The van der Waals surface area contributed by atoms with Crippen LogP contribution in [0.4, 0.5) is 11.5 Å². The van der Waals surface area contributed by atoms with E-state index in [-0.39, 0.29) is 0 Å². The fourth-order valence-corrected chi connectivity index (χ4v) is 1.45. The first-order valence-electron chi connectivity index (χ1n) is 6.40. The maximum absolute atomic E-state index is 5.69. The average Bonchev–Trinajstić information content (AvgIpc) is 2.39. The number of nitrogen functional groups attached to an aromatic ring is 1. The van der Waals surface area contributed by atoms with Crippen molar-refractivity contribution in [2.45, 2.75) is 26.2 Å². The summed E-state index contributed by atoms with van der Waals surface area (Å²) in [4.78, 5) is 4.24. The Morgan fingerprint density at radius 2 is 2.06 bits per heavy atom. The summed E-state index contributed by atoms with van der Waals surface area (Å²) in [5.74, 6) is 1.23. The van der Waals surface area contributed by atoms with Gasteiger partial charge in [-0.2, -0.15) is 4.98 Å². The van der Waals surface area contributed by atoms with Crippen molar-refractivity contribution < 1.29 is 9.47 Å². The first-order valence-corrected chi connectivity index (χ1v) is 6.40. The molecule has 3 N–H and O–H groups in total. The van der Waals surface area contributed by atoms with Gasteiger partial charge < -0.3 is 20.5 Å². The summed E-state index contributed by atoms with van der Waals surface area (Å²) in [5, 5.41) is 3.21. The Morgan fingerprint density at radius 1 is 1.28 bits per heavy atom. The van der Waals surface area contributed by atoms with E-state index in [0.29, 0.717) is 11.6 Å². The largest absolute Gasteiger partial charge is 0.479 e. The minimum absolute atomic E-state index is 0.458. The van der Waals surface area contributed by atoms with Crippen LogP contribution in [-0.4, -0.2) is 31.9 Å². The molecular formula is C13H23N3O2. The molecular weight excluding hydrogens is 230 g/mol. The van der Waals surface area contributed by atoms with Gasteiger partial charge in [-0.3, -0.25) is 0 Å². The van der Waals surface area contributed by atoms with E-state index in [9.17, 15) is 0 Å². The Labute approximate surface area is 109 Å². The van der Waals surface area contributed by atoms with Gasteiger partial charge in [0.05, 0.1) is 12.8 Å². The lowest BCUT2D eigenvalue weighted by atomic mass is 10.3. The molecule has 0 amide bonds. The molecule has 1 aromatic rings. The SMILES string of the molecule is CCCCOCCCNc1ccc(N)c(OC)n1. The van der Waals surface area contributed by atoms with Crippen LogP contribution in [0, 0.1) is 0 Å². The first kappa shape index (κ1) is 14.6. The molecule has 0 bridgehead atoms. The molecule has 102 valence electrons. The van der Waals surface area contributed by atoms with Gasteiger partial charge in [0.1, 0.15) is 5.82 Å². The van der Waals surface area contributed by atoms with Crippen LogP contribution in [0.15, 0.2) is 12.1 Å². The monoisotopic (exact) mass is 253 g/mol. The Kier molecular flexibility index (Phi) is 6.94. The van der Waals surface area contributed by atoms with Crippen molar-refractivity contribution in [2.24, 2.45) is 0 Å². The van der Waals surface area contributed by atoms with E-state index in [1.807, 2.05) is 6.07 Å². The highest BCUT2D eigenvalue weighted by Crippen LogP contribution is 2.19. The summed E-state index contributed by atoms with van der Waals surface area (Å²) in [6.07, 6.45) is 3.26. The van der Waals surface area contributed by atoms with Gasteiger partial charge in [0.2, 0.25) is 5.88 Å². The van der Waals surface area contributed by atoms with Gasteiger partial charge in [0.25, 0.3) is 0 Å². The lowest BCUT2D eigenvalue weighted by Crippen LogP contribution is -2.08. The van der Waals surface area contributed by atoms with E-state index in [1.165, 1.54) is 6.42 Å². The van der Waals surface area contributed by atoms with E-state index >= 15 is 0 Å². The summed E-state index contributed by atoms with van der Waals surface area (Å²) in [5.41, 5.74) is 6.23. The van der Waals surface area contributed by atoms with Gasteiger partial charge in [-0.15, -0.1) is 0 Å². The molecule has 1 heterocycles. The van der Waals surface area contributed by atoms with Gasteiger partial charge in [-0.1, -0.05) is 13.3 Å². The Balaban J connectivity index is 2.19. The quantitative estimate of drug-likeness (QED) is 0.661. The fourth-order valence-electron chi connectivity index (χ4n) is 1.45. The summed E-state index contributed by atoms with van der Waals surface area (Å²) in [6.45, 7) is 4.61. The van der Waals surface area contributed by atoms with Crippen LogP contribution in [0.2, 0.25) is 0 Å². The first-order chi connectivity index (χ1) is 8.77. The lowest BCUT2D eigenvalue weighted by molar-refractivity contribution is 0.131. The van der Waals surface area contributed by atoms with E-state index in [2.05, 4.69) is 17.2 Å². The molecule has 0 saturated carbocycles. The zero-order valence-corrected chi connectivity index (χ0v) is 11.2. The van der Waals surface area contributed by atoms with Crippen molar-refractivity contribution in [3.8, 4) is 5.88 Å². The topological polar surface area (TPSA) is 69.4 Å². The van der Waals surface area contributed by atoms with E-state index in [4.69, 9.17) is 15.2 Å². The maximum Gasteiger partial charge on any atom is 0.238 e. The molecule has 0 saturated heterocycles.